The standard InChI is InChI=1S/C13H13N7/c1-10-7-19(13(14)18-10)16-6-11-2-4-12(5-3-11)20-9-15-8-17-20/h2-9H,1H3,(H2,14,18). The first-order valence-electron chi connectivity index (χ1n) is 6.03. The molecule has 2 N–H and O–H groups in total. The van der Waals surface area contributed by atoms with Gasteiger partial charge in [0.2, 0.25) is 5.95 Å². The van der Waals surface area contributed by atoms with Gasteiger partial charge < -0.3 is 5.73 Å². The van der Waals surface area contributed by atoms with E-state index in [1.807, 2.05) is 31.2 Å². The SMILES string of the molecule is Cc1cn(N=Cc2ccc(-n3cncn3)cc2)c(N)n1. The van der Waals surface area contributed by atoms with Crippen LogP contribution >= 0.6 is 0 Å². The molecule has 7 heteroatoms. The molecule has 3 aromatic rings. The van der Waals surface area contributed by atoms with E-state index in [9.17, 15) is 0 Å². The van der Waals surface area contributed by atoms with Gasteiger partial charge in [-0.15, -0.1) is 0 Å². The summed E-state index contributed by atoms with van der Waals surface area (Å²) in [6, 6.07) is 7.78. The molecular weight excluding hydrogens is 254 g/mol. The lowest BCUT2D eigenvalue weighted by molar-refractivity contribution is 0.878. The van der Waals surface area contributed by atoms with Gasteiger partial charge in [0.05, 0.1) is 23.8 Å². The summed E-state index contributed by atoms with van der Waals surface area (Å²) in [4.78, 5) is 7.99. The van der Waals surface area contributed by atoms with Crippen molar-refractivity contribution < 1.29 is 0 Å². The smallest absolute Gasteiger partial charge is 0.221 e. The van der Waals surface area contributed by atoms with Crippen molar-refractivity contribution in [1.82, 2.24) is 24.4 Å². The van der Waals surface area contributed by atoms with Crippen molar-refractivity contribution in [3.8, 4) is 5.69 Å². The van der Waals surface area contributed by atoms with Crippen LogP contribution in [0.3, 0.4) is 0 Å². The van der Waals surface area contributed by atoms with Crippen LogP contribution < -0.4 is 5.73 Å². The lowest BCUT2D eigenvalue weighted by Gasteiger charge is -2.00. The molecule has 2 aromatic heterocycles. The molecule has 0 bridgehead atoms. The van der Waals surface area contributed by atoms with E-state index in [4.69, 9.17) is 5.73 Å². The number of hydrogen-bond acceptors (Lipinski definition) is 5. The zero-order chi connectivity index (χ0) is 13.9. The fourth-order valence-corrected chi connectivity index (χ4v) is 1.78. The van der Waals surface area contributed by atoms with E-state index < -0.39 is 0 Å². The van der Waals surface area contributed by atoms with Gasteiger partial charge in [0.15, 0.2) is 0 Å². The van der Waals surface area contributed by atoms with Gasteiger partial charge in [-0.1, -0.05) is 12.1 Å². The van der Waals surface area contributed by atoms with Crippen LogP contribution in [-0.4, -0.2) is 30.6 Å². The van der Waals surface area contributed by atoms with Crippen LogP contribution in [0.1, 0.15) is 11.3 Å². The van der Waals surface area contributed by atoms with Gasteiger partial charge in [-0.05, 0) is 24.6 Å². The highest BCUT2D eigenvalue weighted by molar-refractivity contribution is 5.79. The van der Waals surface area contributed by atoms with Crippen molar-refractivity contribution in [3.63, 3.8) is 0 Å². The van der Waals surface area contributed by atoms with E-state index >= 15 is 0 Å². The molecule has 0 radical (unpaired) electrons. The van der Waals surface area contributed by atoms with Crippen LogP contribution in [0.5, 0.6) is 0 Å². The van der Waals surface area contributed by atoms with Crippen molar-refractivity contribution in [3.05, 3.63) is 54.4 Å². The number of benzene rings is 1. The fourth-order valence-electron chi connectivity index (χ4n) is 1.78. The van der Waals surface area contributed by atoms with Crippen LogP contribution in [0.15, 0.2) is 48.2 Å². The highest BCUT2D eigenvalue weighted by Crippen LogP contribution is 2.07. The molecule has 7 nitrogen and oxygen atoms in total. The molecule has 0 fully saturated rings. The Morgan fingerprint density at radius 1 is 1.25 bits per heavy atom. The molecule has 3 rings (SSSR count). The Morgan fingerprint density at radius 3 is 2.65 bits per heavy atom. The summed E-state index contributed by atoms with van der Waals surface area (Å²) in [6.07, 6.45) is 6.65. The topological polar surface area (TPSA) is 86.9 Å². The molecule has 0 amide bonds. The Morgan fingerprint density at radius 2 is 2.05 bits per heavy atom. The summed E-state index contributed by atoms with van der Waals surface area (Å²) in [6.45, 7) is 1.87. The minimum atomic E-state index is 0.373. The first kappa shape index (κ1) is 12.1. The molecule has 0 aliphatic carbocycles. The van der Waals surface area contributed by atoms with Crippen molar-refractivity contribution in [1.29, 1.82) is 0 Å². The monoisotopic (exact) mass is 267 g/mol. The number of nitrogens with two attached hydrogens (primary N) is 1. The van der Waals surface area contributed by atoms with Crippen LogP contribution in [-0.2, 0) is 0 Å². The second-order valence-electron chi connectivity index (χ2n) is 4.26. The van der Waals surface area contributed by atoms with E-state index in [0.29, 0.717) is 5.95 Å². The van der Waals surface area contributed by atoms with Gasteiger partial charge in [-0.25, -0.2) is 19.3 Å². The molecule has 0 spiro atoms. The summed E-state index contributed by atoms with van der Waals surface area (Å²) in [7, 11) is 0. The number of nitrogen functional groups attached to an aromatic ring is 1. The highest BCUT2D eigenvalue weighted by atomic mass is 15.4. The van der Waals surface area contributed by atoms with Gasteiger partial charge >= 0.3 is 0 Å². The van der Waals surface area contributed by atoms with Crippen LogP contribution in [0, 0.1) is 6.92 Å². The van der Waals surface area contributed by atoms with Gasteiger partial charge in [-0.2, -0.15) is 10.2 Å². The number of rotatable bonds is 3. The van der Waals surface area contributed by atoms with E-state index in [1.54, 1.807) is 28.1 Å². The second kappa shape index (κ2) is 4.96. The predicted octanol–water partition coefficient (Wildman–Crippen LogP) is 1.24. The zero-order valence-electron chi connectivity index (χ0n) is 10.9. The summed E-state index contributed by atoms with van der Waals surface area (Å²) in [5, 5.41) is 8.33. The molecule has 20 heavy (non-hydrogen) atoms. The van der Waals surface area contributed by atoms with Crippen LogP contribution in [0.4, 0.5) is 5.95 Å². The van der Waals surface area contributed by atoms with Crippen molar-refractivity contribution in [2.24, 2.45) is 5.10 Å². The number of hydrogen-bond donors (Lipinski definition) is 1. The molecule has 0 saturated heterocycles. The quantitative estimate of drug-likeness (QED) is 0.723. The highest BCUT2D eigenvalue weighted by Gasteiger charge is 1.99. The number of imidazole rings is 1. The third-order valence-electron chi connectivity index (χ3n) is 2.74. The lowest BCUT2D eigenvalue weighted by Crippen LogP contribution is -1.97. The van der Waals surface area contributed by atoms with Crippen LogP contribution in [0.2, 0.25) is 0 Å². The van der Waals surface area contributed by atoms with Crippen molar-refractivity contribution in [2.45, 2.75) is 6.92 Å². The van der Waals surface area contributed by atoms with Gasteiger partial charge in [-0.3, -0.25) is 0 Å². The normalized spacial score (nSPS) is 11.2. The average Bonchev–Trinajstić information content (AvgIpc) is 3.07. The average molecular weight is 267 g/mol. The number of anilines is 1. The maximum atomic E-state index is 5.71. The molecule has 0 atom stereocenters. The molecule has 0 aliphatic rings. The van der Waals surface area contributed by atoms with E-state index in [-0.39, 0.29) is 0 Å². The minimum absolute atomic E-state index is 0.373. The predicted molar refractivity (Wildman–Crippen MR) is 75.7 cm³/mol. The first-order chi connectivity index (χ1) is 9.72. The van der Waals surface area contributed by atoms with Crippen LogP contribution in [0.25, 0.3) is 5.69 Å². The van der Waals surface area contributed by atoms with Crippen molar-refractivity contribution >= 4 is 12.2 Å². The first-order valence-corrected chi connectivity index (χ1v) is 6.03. The zero-order valence-corrected chi connectivity index (χ0v) is 10.9. The number of aromatic nitrogens is 5. The third kappa shape index (κ3) is 2.41. The van der Waals surface area contributed by atoms with E-state index in [0.717, 1.165) is 16.9 Å². The Hall–Kier alpha value is -2.96. The molecule has 2 heterocycles. The lowest BCUT2D eigenvalue weighted by atomic mass is 10.2. The molecule has 0 aliphatic heterocycles. The minimum Gasteiger partial charge on any atom is -0.368 e. The summed E-state index contributed by atoms with van der Waals surface area (Å²) in [5.41, 5.74) is 8.45. The Bertz CT molecular complexity index is 723. The number of aryl methyl sites for hydroxylation is 1. The number of nitrogens with zero attached hydrogens (tertiary/aromatic N) is 6. The molecule has 1 aromatic carbocycles. The maximum absolute atomic E-state index is 5.71. The van der Waals surface area contributed by atoms with Gasteiger partial charge in [0.1, 0.15) is 12.7 Å². The summed E-state index contributed by atoms with van der Waals surface area (Å²) < 4.78 is 3.23. The second-order valence-corrected chi connectivity index (χ2v) is 4.26. The fraction of sp³-hybridized carbons (Fsp3) is 0.0769. The van der Waals surface area contributed by atoms with E-state index in [1.165, 1.54) is 6.33 Å². The molecular formula is C13H13N7. The van der Waals surface area contributed by atoms with E-state index in [2.05, 4.69) is 20.2 Å². The Labute approximate surface area is 115 Å². The Kier molecular flexibility index (Phi) is 3.00. The Balaban J connectivity index is 1.80. The van der Waals surface area contributed by atoms with Gasteiger partial charge in [0.25, 0.3) is 0 Å². The molecule has 0 unspecified atom stereocenters. The summed E-state index contributed by atoms with van der Waals surface area (Å²) in [5.74, 6) is 0.373. The maximum Gasteiger partial charge on any atom is 0.221 e. The summed E-state index contributed by atoms with van der Waals surface area (Å²) >= 11 is 0. The van der Waals surface area contributed by atoms with Crippen molar-refractivity contribution in [2.75, 3.05) is 5.73 Å². The molecule has 0 saturated carbocycles. The third-order valence-corrected chi connectivity index (χ3v) is 2.74. The largest absolute Gasteiger partial charge is 0.368 e. The molecule has 100 valence electrons. The van der Waals surface area contributed by atoms with Gasteiger partial charge in [0, 0.05) is 0 Å².